The molecular weight excluding hydrogens is 1100 g/mol. The first-order valence-electron chi connectivity index (χ1n) is 28.0. The van der Waals surface area contributed by atoms with Crippen LogP contribution >= 0.6 is 19.0 Å². The number of piperidine rings is 1. The number of amides is 8. The normalized spacial score (nSPS) is 22.5. The van der Waals surface area contributed by atoms with Gasteiger partial charge in [0, 0.05) is 79.6 Å². The Balaban J connectivity index is 0.894. The van der Waals surface area contributed by atoms with E-state index in [-0.39, 0.29) is 92.3 Å². The SMILES string of the molecule is CC(C)c1ccc(CNC(=O)[C@H](CCC(N)=O)NC(=O)[C@@H]2CC[C@@H]3CCN(C(=O)[C@H]4CC[C@@H](CCc5ccc6c(c5)n(C)c(=O)n6C5CCC(=O)NC5=O)CC4)C[C@H](NC(=O)c4cc5cc(C(=O)P(C)(=O)O)ccc5[nH]4)C(=O)N32)c(Cl)c1. The van der Waals surface area contributed by atoms with E-state index in [2.05, 4.69) is 26.3 Å². The maximum absolute atomic E-state index is 15.1. The van der Waals surface area contributed by atoms with Crippen LogP contribution in [-0.2, 0) is 58.1 Å². The number of nitrogens with one attached hydrogen (secondary N) is 5. The molecule has 3 saturated heterocycles. The van der Waals surface area contributed by atoms with Crippen molar-refractivity contribution in [1.82, 2.24) is 45.2 Å². The van der Waals surface area contributed by atoms with Crippen molar-refractivity contribution in [3.8, 4) is 0 Å². The number of imidazole rings is 1. The minimum Gasteiger partial charge on any atom is -0.370 e. The second-order valence-corrected chi connectivity index (χ2v) is 25.4. The standard InChI is InChI=1S/C58H70ClN10O12P/c1-31(2)35-12-13-37(40(59)27-35)29-61-51(72)42(17-21-49(60)70)63-53(74)46-19-15-39-23-24-67(30-44(56(77)68(39)46)64-52(73)43-28-38-26-36(14-16-41(38)62-43)57(78)82(4,80)81)55(76)34-10-7-32(8-11-34)5-6-33-9-18-45-48(25-33)66(3)58(79)69(45)47-20-22-50(71)65-54(47)75/h9,12-14,16,18,25-28,31-32,34,39,42,44,46-47,62H,5-8,10-11,15,17,19-24,29-30H2,1-4H3,(H2,60,70)(H,61,72)(H,63,74)(H,64,73)(H,80,81)(H,65,71,75)/t32-,34+,39-,42+,44+,46+,47?/m1/s1. The zero-order chi connectivity index (χ0) is 58.9. The molecule has 0 bridgehead atoms. The summed E-state index contributed by atoms with van der Waals surface area (Å²) in [5, 5.41) is 11.6. The number of benzene rings is 3. The number of aromatic nitrogens is 3. The number of imide groups is 1. The molecule has 3 aliphatic heterocycles. The second-order valence-electron chi connectivity index (χ2n) is 22.8. The molecule has 5 aromatic rings. The van der Waals surface area contributed by atoms with Crippen LogP contribution < -0.4 is 32.7 Å². The third kappa shape index (κ3) is 12.9. The van der Waals surface area contributed by atoms with Crippen molar-refractivity contribution in [1.29, 1.82) is 0 Å². The van der Waals surface area contributed by atoms with Crippen molar-refractivity contribution in [3.05, 3.63) is 104 Å². The number of hydrogen-bond donors (Lipinski definition) is 7. The number of aryl methyl sites for hydroxylation is 2. The smallest absolute Gasteiger partial charge is 0.329 e. The van der Waals surface area contributed by atoms with E-state index in [1.807, 2.05) is 50.2 Å². The van der Waals surface area contributed by atoms with Gasteiger partial charge in [-0.05, 0) is 142 Å². The first-order chi connectivity index (χ1) is 38.9. The molecule has 1 aliphatic carbocycles. The number of carbonyl (C=O) groups excluding carboxylic acids is 9. The van der Waals surface area contributed by atoms with E-state index in [4.69, 9.17) is 17.3 Å². The van der Waals surface area contributed by atoms with Crippen LogP contribution in [0.25, 0.3) is 21.9 Å². The van der Waals surface area contributed by atoms with Gasteiger partial charge in [-0.15, -0.1) is 0 Å². The summed E-state index contributed by atoms with van der Waals surface area (Å²) in [6.45, 7) is 5.02. The maximum atomic E-state index is 15.1. The molecule has 2 unspecified atom stereocenters. The summed E-state index contributed by atoms with van der Waals surface area (Å²) in [6, 6.07) is 12.0. The first-order valence-corrected chi connectivity index (χ1v) is 30.5. The van der Waals surface area contributed by atoms with Gasteiger partial charge in [0.1, 0.15) is 29.9 Å². The van der Waals surface area contributed by atoms with E-state index in [9.17, 15) is 52.6 Å². The number of H-pyrrole nitrogens is 1. The predicted octanol–water partition coefficient (Wildman–Crippen LogP) is 4.81. The van der Waals surface area contributed by atoms with E-state index >= 15 is 4.79 Å². The van der Waals surface area contributed by atoms with E-state index in [0.717, 1.165) is 37.1 Å². The zero-order valence-electron chi connectivity index (χ0n) is 46.3. The molecule has 8 N–H and O–H groups in total. The second kappa shape index (κ2) is 24.6. The number of fused-ring (bicyclic) bond motifs is 3. The fraction of sp³-hybridized carbons (Fsp3) is 0.483. The van der Waals surface area contributed by atoms with Crippen LogP contribution in [0.5, 0.6) is 0 Å². The molecule has 3 aromatic carbocycles. The number of halogens is 1. The first kappa shape index (κ1) is 59.2. The minimum atomic E-state index is -4.13. The molecule has 4 aliphatic rings. The Hall–Kier alpha value is -7.42. The topological polar surface area (TPSA) is 314 Å². The van der Waals surface area contributed by atoms with Crippen LogP contribution in [0.1, 0.15) is 140 Å². The minimum absolute atomic E-state index is 0.00310. The van der Waals surface area contributed by atoms with Crippen LogP contribution in [0.15, 0.2) is 65.5 Å². The third-order valence-electron chi connectivity index (χ3n) is 16.8. The largest absolute Gasteiger partial charge is 0.370 e. The Morgan fingerprint density at radius 3 is 2.34 bits per heavy atom. The lowest BCUT2D eigenvalue weighted by molar-refractivity contribution is -0.147. The van der Waals surface area contributed by atoms with Gasteiger partial charge in [0.15, 0.2) is 0 Å². The van der Waals surface area contributed by atoms with Crippen molar-refractivity contribution < 1.29 is 52.6 Å². The molecule has 6 atom stereocenters. The van der Waals surface area contributed by atoms with Gasteiger partial charge in [-0.2, -0.15) is 0 Å². The quantitative estimate of drug-likeness (QED) is 0.0459. The summed E-state index contributed by atoms with van der Waals surface area (Å²) in [5.41, 5.74) is 8.55. The highest BCUT2D eigenvalue weighted by Crippen LogP contribution is 2.40. The average Bonchev–Trinajstić information content (AvgIpc) is 4.32. The molecule has 82 heavy (non-hydrogen) atoms. The highest BCUT2D eigenvalue weighted by molar-refractivity contribution is 7.75. The fourth-order valence-electron chi connectivity index (χ4n) is 12.1. The number of rotatable bonds is 18. The Labute approximate surface area is 478 Å². The summed E-state index contributed by atoms with van der Waals surface area (Å²) >= 11 is 6.56. The molecule has 436 valence electrons. The average molecular weight is 1170 g/mol. The number of aromatic amines is 1. The number of primary amides is 1. The van der Waals surface area contributed by atoms with E-state index in [0.29, 0.717) is 70.5 Å². The molecule has 24 heteroatoms. The van der Waals surface area contributed by atoms with Crippen LogP contribution in [0.2, 0.25) is 5.02 Å². The predicted molar refractivity (Wildman–Crippen MR) is 305 cm³/mol. The van der Waals surface area contributed by atoms with Gasteiger partial charge in [-0.3, -0.25) is 62.2 Å². The van der Waals surface area contributed by atoms with Gasteiger partial charge >= 0.3 is 5.69 Å². The Bertz CT molecular complexity index is 3500. The monoisotopic (exact) mass is 1160 g/mol. The zero-order valence-corrected chi connectivity index (χ0v) is 48.0. The van der Waals surface area contributed by atoms with Crippen molar-refractivity contribution in [2.45, 2.75) is 140 Å². The number of nitrogens with zero attached hydrogens (tertiary/aromatic N) is 4. The van der Waals surface area contributed by atoms with Gasteiger partial charge in [0.25, 0.3) is 13.3 Å². The van der Waals surface area contributed by atoms with Crippen molar-refractivity contribution in [2.24, 2.45) is 24.6 Å². The van der Waals surface area contributed by atoms with Crippen LogP contribution in [0, 0.1) is 11.8 Å². The lowest BCUT2D eigenvalue weighted by Gasteiger charge is -2.40. The van der Waals surface area contributed by atoms with E-state index in [1.165, 1.54) is 38.3 Å². The Kier molecular flexibility index (Phi) is 17.7. The maximum Gasteiger partial charge on any atom is 0.329 e. The number of hydrogen-bond acceptors (Lipinski definition) is 11. The molecule has 4 fully saturated rings. The summed E-state index contributed by atoms with van der Waals surface area (Å²) in [6.07, 6.45) is 5.19. The molecular formula is C58H70ClN10O12P. The highest BCUT2D eigenvalue weighted by Gasteiger charge is 2.47. The molecule has 0 spiro atoms. The summed E-state index contributed by atoms with van der Waals surface area (Å²) in [5.74, 6) is -4.13. The molecule has 22 nitrogen and oxygen atoms in total. The number of carbonyl (C=O) groups is 9. The van der Waals surface area contributed by atoms with E-state index in [1.54, 1.807) is 11.9 Å². The summed E-state index contributed by atoms with van der Waals surface area (Å²) in [4.78, 5) is 151. The third-order valence-corrected chi connectivity index (χ3v) is 18.2. The molecule has 9 rings (SSSR count). The van der Waals surface area contributed by atoms with Gasteiger partial charge in [0.05, 0.1) is 11.0 Å². The van der Waals surface area contributed by atoms with Gasteiger partial charge in [0.2, 0.25) is 46.9 Å². The van der Waals surface area contributed by atoms with Crippen molar-refractivity contribution >= 4 is 93.7 Å². The molecule has 8 amide bonds. The van der Waals surface area contributed by atoms with Crippen LogP contribution in [0.4, 0.5) is 0 Å². The van der Waals surface area contributed by atoms with Gasteiger partial charge in [-0.25, -0.2) is 4.79 Å². The lowest BCUT2D eigenvalue weighted by atomic mass is 9.79. The highest BCUT2D eigenvalue weighted by atomic mass is 35.5. The molecule has 0 radical (unpaired) electrons. The molecule has 1 saturated carbocycles. The molecule has 2 aromatic heterocycles. The fourth-order valence-corrected chi connectivity index (χ4v) is 13.0. The van der Waals surface area contributed by atoms with E-state index < -0.39 is 78.5 Å². The Morgan fingerprint density at radius 2 is 1.65 bits per heavy atom. The van der Waals surface area contributed by atoms with Gasteiger partial charge < -0.3 is 41.4 Å². The van der Waals surface area contributed by atoms with Crippen molar-refractivity contribution in [3.63, 3.8) is 0 Å². The molecule has 5 heterocycles. The lowest BCUT2D eigenvalue weighted by Crippen LogP contribution is -2.62. The van der Waals surface area contributed by atoms with Crippen molar-refractivity contribution in [2.75, 3.05) is 19.8 Å². The van der Waals surface area contributed by atoms with Gasteiger partial charge in [-0.1, -0.05) is 43.6 Å². The summed E-state index contributed by atoms with van der Waals surface area (Å²) in [7, 11) is -2.47. The Morgan fingerprint density at radius 1 is 0.890 bits per heavy atom. The van der Waals surface area contributed by atoms with Crippen LogP contribution in [0.3, 0.4) is 0 Å². The van der Waals surface area contributed by atoms with Crippen LogP contribution in [-0.4, -0.2) is 126 Å². The number of nitrogens with two attached hydrogens (primary N) is 1. The summed E-state index contributed by atoms with van der Waals surface area (Å²) < 4.78 is 15.2.